The SMILES string of the molecule is Cl.Nc1ncc(CN2CCC(Oc3ccccc3Cl)C2)s1. The number of nitrogens with two attached hydrogens (primary N) is 1. The van der Waals surface area contributed by atoms with Crippen LogP contribution in [0.25, 0.3) is 0 Å². The molecule has 0 amide bonds. The van der Waals surface area contributed by atoms with Crippen LogP contribution in [-0.2, 0) is 6.54 Å². The highest BCUT2D eigenvalue weighted by Crippen LogP contribution is 2.27. The summed E-state index contributed by atoms with van der Waals surface area (Å²) in [6.07, 6.45) is 3.06. The van der Waals surface area contributed by atoms with Gasteiger partial charge in [-0.3, -0.25) is 4.90 Å². The van der Waals surface area contributed by atoms with E-state index in [1.54, 1.807) is 11.3 Å². The molecule has 1 atom stereocenters. The van der Waals surface area contributed by atoms with Crippen LogP contribution >= 0.6 is 35.3 Å². The van der Waals surface area contributed by atoms with Crippen LogP contribution in [0.3, 0.4) is 0 Å². The lowest BCUT2D eigenvalue weighted by atomic mass is 10.3. The molecule has 114 valence electrons. The number of thiazole rings is 1. The minimum absolute atomic E-state index is 0. The number of rotatable bonds is 4. The van der Waals surface area contributed by atoms with Crippen molar-refractivity contribution in [2.75, 3.05) is 18.8 Å². The van der Waals surface area contributed by atoms with Crippen molar-refractivity contribution in [1.82, 2.24) is 9.88 Å². The number of likely N-dealkylation sites (tertiary alicyclic amines) is 1. The van der Waals surface area contributed by atoms with Crippen LogP contribution in [0.1, 0.15) is 11.3 Å². The Kier molecular flexibility index (Phi) is 5.70. The highest BCUT2D eigenvalue weighted by molar-refractivity contribution is 7.15. The number of aromatic nitrogens is 1. The molecule has 2 aromatic rings. The van der Waals surface area contributed by atoms with E-state index < -0.39 is 0 Å². The summed E-state index contributed by atoms with van der Waals surface area (Å²) in [5.74, 6) is 0.767. The fourth-order valence-electron chi connectivity index (χ4n) is 2.37. The maximum atomic E-state index is 6.11. The smallest absolute Gasteiger partial charge is 0.180 e. The van der Waals surface area contributed by atoms with Crippen molar-refractivity contribution in [2.24, 2.45) is 0 Å². The van der Waals surface area contributed by atoms with Crippen molar-refractivity contribution < 1.29 is 4.74 Å². The van der Waals surface area contributed by atoms with E-state index in [4.69, 9.17) is 22.1 Å². The largest absolute Gasteiger partial charge is 0.487 e. The van der Waals surface area contributed by atoms with Crippen molar-refractivity contribution in [1.29, 1.82) is 0 Å². The fraction of sp³-hybridized carbons (Fsp3) is 0.357. The molecule has 0 bridgehead atoms. The van der Waals surface area contributed by atoms with Crippen LogP contribution in [0, 0.1) is 0 Å². The summed E-state index contributed by atoms with van der Waals surface area (Å²) in [7, 11) is 0. The first kappa shape index (κ1) is 16.4. The number of anilines is 1. The number of nitrogen functional groups attached to an aromatic ring is 1. The Morgan fingerprint density at radius 3 is 2.95 bits per heavy atom. The van der Waals surface area contributed by atoms with E-state index in [0.29, 0.717) is 10.2 Å². The Hall–Kier alpha value is -1.01. The van der Waals surface area contributed by atoms with E-state index in [0.717, 1.165) is 31.8 Å². The molecule has 1 unspecified atom stereocenters. The van der Waals surface area contributed by atoms with Gasteiger partial charge >= 0.3 is 0 Å². The van der Waals surface area contributed by atoms with E-state index in [1.807, 2.05) is 30.5 Å². The molecule has 1 aliphatic rings. The van der Waals surface area contributed by atoms with Gasteiger partial charge in [0.1, 0.15) is 11.9 Å². The van der Waals surface area contributed by atoms with Crippen molar-refractivity contribution >= 4 is 40.5 Å². The minimum atomic E-state index is 0. The predicted molar refractivity (Wildman–Crippen MR) is 89.5 cm³/mol. The highest BCUT2D eigenvalue weighted by atomic mass is 35.5. The van der Waals surface area contributed by atoms with Crippen LogP contribution < -0.4 is 10.5 Å². The van der Waals surface area contributed by atoms with Gasteiger partial charge < -0.3 is 10.5 Å². The Bertz CT molecular complexity index is 593. The Labute approximate surface area is 139 Å². The van der Waals surface area contributed by atoms with Gasteiger partial charge in [-0.2, -0.15) is 0 Å². The first-order valence-electron chi connectivity index (χ1n) is 6.54. The zero-order chi connectivity index (χ0) is 13.9. The average Bonchev–Trinajstić information content (AvgIpc) is 3.02. The summed E-state index contributed by atoms with van der Waals surface area (Å²) in [5, 5.41) is 1.30. The molecule has 0 spiro atoms. The topological polar surface area (TPSA) is 51.4 Å². The first-order valence-corrected chi connectivity index (χ1v) is 7.74. The third kappa shape index (κ3) is 4.23. The van der Waals surface area contributed by atoms with E-state index in [-0.39, 0.29) is 18.5 Å². The number of ether oxygens (including phenoxy) is 1. The molecule has 1 fully saturated rings. The molecular weight excluding hydrogens is 329 g/mol. The van der Waals surface area contributed by atoms with Gasteiger partial charge in [0.25, 0.3) is 0 Å². The van der Waals surface area contributed by atoms with Crippen molar-refractivity contribution in [2.45, 2.75) is 19.1 Å². The third-order valence-electron chi connectivity index (χ3n) is 3.31. The lowest BCUT2D eigenvalue weighted by molar-refractivity contribution is 0.199. The Morgan fingerprint density at radius 1 is 1.43 bits per heavy atom. The van der Waals surface area contributed by atoms with E-state index in [9.17, 15) is 0 Å². The number of hydrogen-bond donors (Lipinski definition) is 1. The minimum Gasteiger partial charge on any atom is -0.487 e. The summed E-state index contributed by atoms with van der Waals surface area (Å²) in [6, 6.07) is 7.61. The lowest BCUT2D eigenvalue weighted by Crippen LogP contribution is -2.24. The molecule has 1 aromatic heterocycles. The zero-order valence-corrected chi connectivity index (χ0v) is 13.8. The van der Waals surface area contributed by atoms with E-state index in [2.05, 4.69) is 9.88 Å². The van der Waals surface area contributed by atoms with Crippen LogP contribution in [0.5, 0.6) is 5.75 Å². The molecule has 1 saturated heterocycles. The first-order chi connectivity index (χ1) is 9.70. The maximum absolute atomic E-state index is 6.11. The molecule has 2 N–H and O–H groups in total. The predicted octanol–water partition coefficient (Wildman–Crippen LogP) is 3.45. The van der Waals surface area contributed by atoms with Gasteiger partial charge in [0.05, 0.1) is 5.02 Å². The number of halogens is 2. The van der Waals surface area contributed by atoms with Gasteiger partial charge in [-0.1, -0.05) is 23.7 Å². The summed E-state index contributed by atoms with van der Waals surface area (Å²) in [5.41, 5.74) is 5.65. The molecule has 21 heavy (non-hydrogen) atoms. The van der Waals surface area contributed by atoms with Crippen LogP contribution in [0.15, 0.2) is 30.5 Å². The van der Waals surface area contributed by atoms with Crippen molar-refractivity contribution in [3.05, 3.63) is 40.4 Å². The second-order valence-electron chi connectivity index (χ2n) is 4.86. The summed E-state index contributed by atoms with van der Waals surface area (Å²) >= 11 is 7.66. The second-order valence-corrected chi connectivity index (χ2v) is 6.41. The summed E-state index contributed by atoms with van der Waals surface area (Å²) in [6.45, 7) is 2.81. The van der Waals surface area contributed by atoms with Crippen LogP contribution in [0.4, 0.5) is 5.13 Å². The average molecular weight is 346 g/mol. The molecule has 0 radical (unpaired) electrons. The molecule has 2 heterocycles. The van der Waals surface area contributed by atoms with Gasteiger partial charge in [-0.05, 0) is 18.6 Å². The normalized spacial score (nSPS) is 18.4. The third-order valence-corrected chi connectivity index (χ3v) is 4.43. The number of benzene rings is 1. The second kappa shape index (κ2) is 7.31. The lowest BCUT2D eigenvalue weighted by Gasteiger charge is -2.16. The van der Waals surface area contributed by atoms with E-state index >= 15 is 0 Å². The number of nitrogens with zero attached hydrogens (tertiary/aromatic N) is 2. The number of hydrogen-bond acceptors (Lipinski definition) is 5. The molecule has 0 saturated carbocycles. The maximum Gasteiger partial charge on any atom is 0.180 e. The molecule has 7 heteroatoms. The highest BCUT2D eigenvalue weighted by Gasteiger charge is 2.24. The standard InChI is InChI=1S/C14H16ClN3OS.ClH/c15-12-3-1-2-4-13(12)19-10-5-6-18(8-10)9-11-7-17-14(16)20-11;/h1-4,7,10H,5-6,8-9H2,(H2,16,17);1H. The van der Waals surface area contributed by atoms with Gasteiger partial charge in [-0.25, -0.2) is 4.98 Å². The van der Waals surface area contributed by atoms with Gasteiger partial charge in [0, 0.05) is 30.7 Å². The quantitative estimate of drug-likeness (QED) is 0.921. The van der Waals surface area contributed by atoms with Crippen molar-refractivity contribution in [3.8, 4) is 5.75 Å². The Morgan fingerprint density at radius 2 is 2.24 bits per heavy atom. The summed E-state index contributed by atoms with van der Waals surface area (Å²) in [4.78, 5) is 7.63. The summed E-state index contributed by atoms with van der Waals surface area (Å²) < 4.78 is 5.97. The molecule has 4 nitrogen and oxygen atoms in total. The molecule has 1 aromatic carbocycles. The van der Waals surface area contributed by atoms with Gasteiger partial charge in [-0.15, -0.1) is 23.7 Å². The Balaban J connectivity index is 0.00000161. The monoisotopic (exact) mass is 345 g/mol. The fourth-order valence-corrected chi connectivity index (χ4v) is 3.28. The zero-order valence-electron chi connectivity index (χ0n) is 11.4. The molecule has 3 rings (SSSR count). The van der Waals surface area contributed by atoms with Crippen LogP contribution in [-0.4, -0.2) is 29.1 Å². The van der Waals surface area contributed by atoms with Crippen LogP contribution in [0.2, 0.25) is 5.02 Å². The van der Waals surface area contributed by atoms with E-state index in [1.165, 1.54) is 4.88 Å². The molecule has 0 aliphatic carbocycles. The number of para-hydroxylation sites is 1. The molecular formula is C14H17Cl2N3OS. The van der Waals surface area contributed by atoms with Gasteiger partial charge in [0.2, 0.25) is 0 Å². The molecule has 1 aliphatic heterocycles. The van der Waals surface area contributed by atoms with Crippen molar-refractivity contribution in [3.63, 3.8) is 0 Å². The van der Waals surface area contributed by atoms with Gasteiger partial charge in [0.15, 0.2) is 5.13 Å².